The Morgan fingerprint density at radius 3 is 2.35 bits per heavy atom. The molecular weight excluding hydrogens is 288 g/mol. The third kappa shape index (κ3) is 4.42. The van der Waals surface area contributed by atoms with Crippen molar-refractivity contribution in [1.82, 2.24) is 5.32 Å². The van der Waals surface area contributed by atoms with Gasteiger partial charge < -0.3 is 10.6 Å². The minimum atomic E-state index is -0.187. The molecule has 0 radical (unpaired) electrons. The summed E-state index contributed by atoms with van der Waals surface area (Å²) >= 11 is 0. The number of hydrogen-bond acceptors (Lipinski definition) is 2. The molecule has 4 heteroatoms. The molecular formula is C19H22N2O2. The molecule has 0 heterocycles. The van der Waals surface area contributed by atoms with E-state index in [4.69, 9.17) is 0 Å². The van der Waals surface area contributed by atoms with Crippen LogP contribution in [0.2, 0.25) is 0 Å². The Morgan fingerprint density at radius 2 is 1.70 bits per heavy atom. The monoisotopic (exact) mass is 310 g/mol. The van der Waals surface area contributed by atoms with Crippen LogP contribution in [-0.4, -0.2) is 17.9 Å². The number of amides is 2. The van der Waals surface area contributed by atoms with E-state index in [1.807, 2.05) is 45.0 Å². The average Bonchev–Trinajstić information content (AvgIpc) is 2.57. The maximum atomic E-state index is 12.3. The Morgan fingerprint density at radius 1 is 1.00 bits per heavy atom. The van der Waals surface area contributed by atoms with Crippen molar-refractivity contribution in [3.05, 3.63) is 65.2 Å². The Labute approximate surface area is 136 Å². The fourth-order valence-corrected chi connectivity index (χ4v) is 2.09. The van der Waals surface area contributed by atoms with Gasteiger partial charge in [-0.15, -0.1) is 0 Å². The second kappa shape index (κ2) is 7.58. The topological polar surface area (TPSA) is 58.2 Å². The van der Waals surface area contributed by atoms with E-state index >= 15 is 0 Å². The molecule has 0 aliphatic rings. The summed E-state index contributed by atoms with van der Waals surface area (Å²) in [4.78, 5) is 24.5. The Kier molecular flexibility index (Phi) is 5.52. The highest BCUT2D eigenvalue weighted by molar-refractivity contribution is 6.05. The van der Waals surface area contributed by atoms with Crippen molar-refractivity contribution >= 4 is 17.5 Å². The first-order valence-electron chi connectivity index (χ1n) is 7.79. The zero-order valence-electron chi connectivity index (χ0n) is 13.7. The summed E-state index contributed by atoms with van der Waals surface area (Å²) in [5.74, 6) is -0.317. The van der Waals surface area contributed by atoms with E-state index in [1.165, 1.54) is 0 Å². The quantitative estimate of drug-likeness (QED) is 0.883. The maximum absolute atomic E-state index is 12.3. The number of aryl methyl sites for hydroxylation is 1. The average molecular weight is 310 g/mol. The SMILES string of the molecule is CCC(C)NC(=O)c1ccc(C)c(NC(=O)c2ccccc2)c1. The third-order valence-electron chi connectivity index (χ3n) is 3.77. The van der Waals surface area contributed by atoms with Crippen LogP contribution >= 0.6 is 0 Å². The van der Waals surface area contributed by atoms with E-state index in [2.05, 4.69) is 10.6 Å². The molecule has 2 amide bonds. The molecule has 2 rings (SSSR count). The summed E-state index contributed by atoms with van der Waals surface area (Å²) in [5, 5.41) is 5.80. The number of benzene rings is 2. The van der Waals surface area contributed by atoms with Crippen molar-refractivity contribution in [2.45, 2.75) is 33.2 Å². The summed E-state index contributed by atoms with van der Waals surface area (Å²) in [5.41, 5.74) is 2.69. The highest BCUT2D eigenvalue weighted by Gasteiger charge is 2.12. The summed E-state index contributed by atoms with van der Waals surface area (Å²) in [6, 6.07) is 14.4. The lowest BCUT2D eigenvalue weighted by atomic mass is 10.1. The van der Waals surface area contributed by atoms with Crippen molar-refractivity contribution in [2.24, 2.45) is 0 Å². The largest absolute Gasteiger partial charge is 0.350 e. The molecule has 0 aromatic heterocycles. The lowest BCUT2D eigenvalue weighted by Crippen LogP contribution is -2.32. The fourth-order valence-electron chi connectivity index (χ4n) is 2.09. The van der Waals surface area contributed by atoms with Gasteiger partial charge >= 0.3 is 0 Å². The van der Waals surface area contributed by atoms with Crippen LogP contribution < -0.4 is 10.6 Å². The molecule has 4 nitrogen and oxygen atoms in total. The second-order valence-corrected chi connectivity index (χ2v) is 5.63. The van der Waals surface area contributed by atoms with E-state index < -0.39 is 0 Å². The molecule has 1 unspecified atom stereocenters. The molecule has 120 valence electrons. The molecule has 0 spiro atoms. The van der Waals surface area contributed by atoms with Crippen LogP contribution in [-0.2, 0) is 0 Å². The van der Waals surface area contributed by atoms with Gasteiger partial charge in [0.1, 0.15) is 0 Å². The first kappa shape index (κ1) is 16.7. The van der Waals surface area contributed by atoms with Gasteiger partial charge in [0.05, 0.1) is 0 Å². The van der Waals surface area contributed by atoms with E-state index in [1.54, 1.807) is 24.3 Å². The first-order chi connectivity index (χ1) is 11.0. The number of hydrogen-bond donors (Lipinski definition) is 2. The molecule has 2 N–H and O–H groups in total. The minimum Gasteiger partial charge on any atom is -0.350 e. The van der Waals surface area contributed by atoms with Crippen molar-refractivity contribution < 1.29 is 9.59 Å². The van der Waals surface area contributed by atoms with Crippen molar-refractivity contribution in [1.29, 1.82) is 0 Å². The summed E-state index contributed by atoms with van der Waals surface area (Å²) < 4.78 is 0. The Bertz CT molecular complexity index is 696. The molecule has 23 heavy (non-hydrogen) atoms. The number of nitrogens with one attached hydrogen (secondary N) is 2. The Balaban J connectivity index is 2.17. The molecule has 2 aromatic carbocycles. The van der Waals surface area contributed by atoms with Crippen LogP contribution in [0.1, 0.15) is 46.5 Å². The van der Waals surface area contributed by atoms with Gasteiger partial charge in [-0.2, -0.15) is 0 Å². The zero-order valence-corrected chi connectivity index (χ0v) is 13.7. The van der Waals surface area contributed by atoms with Crippen LogP contribution in [0.4, 0.5) is 5.69 Å². The van der Waals surface area contributed by atoms with Gasteiger partial charge in [-0.1, -0.05) is 31.2 Å². The molecule has 1 atom stereocenters. The highest BCUT2D eigenvalue weighted by Crippen LogP contribution is 2.18. The van der Waals surface area contributed by atoms with Gasteiger partial charge in [-0.05, 0) is 50.1 Å². The zero-order chi connectivity index (χ0) is 16.8. The molecule has 0 fully saturated rings. The van der Waals surface area contributed by atoms with Gasteiger partial charge in [0.25, 0.3) is 11.8 Å². The lowest BCUT2D eigenvalue weighted by Gasteiger charge is -2.14. The first-order valence-corrected chi connectivity index (χ1v) is 7.79. The van der Waals surface area contributed by atoms with Gasteiger partial charge in [-0.25, -0.2) is 0 Å². The second-order valence-electron chi connectivity index (χ2n) is 5.63. The number of carbonyl (C=O) groups is 2. The smallest absolute Gasteiger partial charge is 0.255 e. The standard InChI is InChI=1S/C19H22N2O2/c1-4-14(3)20-19(23)16-11-10-13(2)17(12-16)21-18(22)15-8-6-5-7-9-15/h5-12,14H,4H2,1-3H3,(H,20,23)(H,21,22). The van der Waals surface area contributed by atoms with Crippen LogP contribution in [0, 0.1) is 6.92 Å². The van der Waals surface area contributed by atoms with Gasteiger partial charge in [0.2, 0.25) is 0 Å². The van der Waals surface area contributed by atoms with Crippen molar-refractivity contribution in [3.63, 3.8) is 0 Å². The Hall–Kier alpha value is -2.62. The van der Waals surface area contributed by atoms with Gasteiger partial charge in [0, 0.05) is 22.9 Å². The highest BCUT2D eigenvalue weighted by atomic mass is 16.2. The number of rotatable bonds is 5. The molecule has 0 saturated heterocycles. The van der Waals surface area contributed by atoms with Crippen LogP contribution in [0.15, 0.2) is 48.5 Å². The van der Waals surface area contributed by atoms with E-state index in [0.717, 1.165) is 12.0 Å². The van der Waals surface area contributed by atoms with Crippen molar-refractivity contribution in [3.8, 4) is 0 Å². The van der Waals surface area contributed by atoms with Gasteiger partial charge in [-0.3, -0.25) is 9.59 Å². The van der Waals surface area contributed by atoms with Gasteiger partial charge in [0.15, 0.2) is 0 Å². The summed E-state index contributed by atoms with van der Waals surface area (Å²) in [6.07, 6.45) is 0.870. The molecule has 2 aromatic rings. The molecule has 0 saturated carbocycles. The van der Waals surface area contributed by atoms with E-state index in [9.17, 15) is 9.59 Å². The van der Waals surface area contributed by atoms with E-state index in [-0.39, 0.29) is 17.9 Å². The summed E-state index contributed by atoms with van der Waals surface area (Å²) in [6.45, 7) is 5.88. The lowest BCUT2D eigenvalue weighted by molar-refractivity contribution is 0.0938. The normalized spacial score (nSPS) is 11.6. The third-order valence-corrected chi connectivity index (χ3v) is 3.77. The summed E-state index contributed by atoms with van der Waals surface area (Å²) in [7, 11) is 0. The van der Waals surface area contributed by atoms with Crippen molar-refractivity contribution in [2.75, 3.05) is 5.32 Å². The minimum absolute atomic E-state index is 0.117. The van der Waals surface area contributed by atoms with E-state index in [0.29, 0.717) is 16.8 Å². The van der Waals surface area contributed by atoms with Crippen LogP contribution in [0.25, 0.3) is 0 Å². The van der Waals surface area contributed by atoms with Crippen LogP contribution in [0.3, 0.4) is 0 Å². The molecule has 0 aliphatic heterocycles. The predicted molar refractivity (Wildman–Crippen MR) is 92.8 cm³/mol. The number of carbonyl (C=O) groups excluding carboxylic acids is 2. The maximum Gasteiger partial charge on any atom is 0.255 e. The van der Waals surface area contributed by atoms with Crippen LogP contribution in [0.5, 0.6) is 0 Å². The fraction of sp³-hybridized carbons (Fsp3) is 0.263. The number of anilines is 1. The molecule has 0 aliphatic carbocycles. The predicted octanol–water partition coefficient (Wildman–Crippen LogP) is 3.78. The molecule has 0 bridgehead atoms.